The predicted octanol–water partition coefficient (Wildman–Crippen LogP) is 4.70. The molecule has 5 nitrogen and oxygen atoms in total. The normalized spacial score (nSPS) is 13.3. The Kier molecular flexibility index (Phi) is 6.65. The van der Waals surface area contributed by atoms with Gasteiger partial charge in [0.15, 0.2) is 0 Å². The van der Waals surface area contributed by atoms with Crippen LogP contribution in [-0.4, -0.2) is 27.1 Å². The molecule has 0 N–H and O–H groups in total. The van der Waals surface area contributed by atoms with Gasteiger partial charge < -0.3 is 0 Å². The summed E-state index contributed by atoms with van der Waals surface area (Å²) >= 11 is 12.4. The second kappa shape index (κ2) is 8.85. The molecule has 0 radical (unpaired) electrons. The Morgan fingerprint density at radius 1 is 0.724 bits per heavy atom. The standard InChI is InChI=1S/C20H17Cl2NO4S2/c21-17-9-7-8-16(14-17)20(22)15-23(28(24,25)18-10-3-1-4-11-18)29(26,27)19-12-5-2-6-13-19/h1-14,20H,15H2. The van der Waals surface area contributed by atoms with Gasteiger partial charge in [0.05, 0.1) is 21.7 Å². The molecule has 0 fully saturated rings. The number of hydrogen-bond donors (Lipinski definition) is 0. The number of benzene rings is 3. The molecule has 0 saturated heterocycles. The molecule has 1 atom stereocenters. The van der Waals surface area contributed by atoms with Gasteiger partial charge in [0.1, 0.15) is 0 Å². The van der Waals surface area contributed by atoms with E-state index in [0.29, 0.717) is 14.3 Å². The summed E-state index contributed by atoms with van der Waals surface area (Å²) in [6.07, 6.45) is 0. The van der Waals surface area contributed by atoms with Crippen LogP contribution in [-0.2, 0) is 20.0 Å². The molecule has 152 valence electrons. The first-order valence-electron chi connectivity index (χ1n) is 8.50. The van der Waals surface area contributed by atoms with Gasteiger partial charge in [-0.25, -0.2) is 16.8 Å². The van der Waals surface area contributed by atoms with E-state index in [1.165, 1.54) is 48.5 Å². The second-order valence-electron chi connectivity index (χ2n) is 6.11. The van der Waals surface area contributed by atoms with Crippen molar-refractivity contribution >= 4 is 43.2 Å². The summed E-state index contributed by atoms with van der Waals surface area (Å²) in [5.74, 6) is 0. The number of rotatable bonds is 7. The highest BCUT2D eigenvalue weighted by atomic mass is 35.5. The molecule has 0 saturated carbocycles. The summed E-state index contributed by atoms with van der Waals surface area (Å²) in [6.45, 7) is -0.490. The summed E-state index contributed by atoms with van der Waals surface area (Å²) in [5, 5.41) is -0.526. The zero-order chi connectivity index (χ0) is 21.1. The quantitative estimate of drug-likeness (QED) is 0.470. The Bertz CT molecular complexity index is 1120. The van der Waals surface area contributed by atoms with Crippen LogP contribution in [0.2, 0.25) is 5.02 Å². The summed E-state index contributed by atoms with van der Waals surface area (Å²) in [5.41, 5.74) is 0.510. The lowest BCUT2D eigenvalue weighted by atomic mass is 10.1. The third kappa shape index (κ3) is 4.82. The van der Waals surface area contributed by atoms with E-state index >= 15 is 0 Å². The molecule has 3 aromatic carbocycles. The van der Waals surface area contributed by atoms with Crippen LogP contribution in [0.1, 0.15) is 10.9 Å². The highest BCUT2D eigenvalue weighted by Gasteiger charge is 2.38. The fraction of sp³-hybridized carbons (Fsp3) is 0.100. The van der Waals surface area contributed by atoms with Crippen molar-refractivity contribution in [3.63, 3.8) is 0 Å². The zero-order valence-electron chi connectivity index (χ0n) is 15.0. The van der Waals surface area contributed by atoms with Gasteiger partial charge in [0, 0.05) is 5.02 Å². The molecule has 0 aliphatic carbocycles. The molecule has 0 aliphatic heterocycles. The maximum absolute atomic E-state index is 13.2. The third-order valence-electron chi connectivity index (χ3n) is 4.14. The van der Waals surface area contributed by atoms with Gasteiger partial charge >= 0.3 is 0 Å². The Hall–Kier alpha value is -1.90. The van der Waals surface area contributed by atoms with Crippen LogP contribution >= 0.6 is 23.2 Å². The van der Waals surface area contributed by atoms with Crippen molar-refractivity contribution in [2.75, 3.05) is 6.54 Å². The van der Waals surface area contributed by atoms with Gasteiger partial charge in [-0.1, -0.05) is 63.8 Å². The molecule has 0 amide bonds. The van der Waals surface area contributed by atoms with Gasteiger partial charge in [0.2, 0.25) is 0 Å². The maximum atomic E-state index is 13.2. The Morgan fingerprint density at radius 2 is 1.21 bits per heavy atom. The van der Waals surface area contributed by atoms with E-state index in [1.54, 1.807) is 36.4 Å². The van der Waals surface area contributed by atoms with Crippen molar-refractivity contribution in [1.82, 2.24) is 3.71 Å². The molecule has 0 aliphatic rings. The van der Waals surface area contributed by atoms with Crippen LogP contribution in [0, 0.1) is 0 Å². The minimum absolute atomic E-state index is 0.144. The molecule has 0 heterocycles. The van der Waals surface area contributed by atoms with Crippen LogP contribution in [0.3, 0.4) is 0 Å². The summed E-state index contributed by atoms with van der Waals surface area (Å²) in [4.78, 5) is -0.288. The monoisotopic (exact) mass is 469 g/mol. The number of sulfonamides is 2. The Morgan fingerprint density at radius 3 is 1.66 bits per heavy atom. The maximum Gasteiger partial charge on any atom is 0.256 e. The van der Waals surface area contributed by atoms with E-state index in [4.69, 9.17) is 23.2 Å². The first kappa shape index (κ1) is 21.8. The lowest BCUT2D eigenvalue weighted by Crippen LogP contribution is -2.39. The number of hydrogen-bond acceptors (Lipinski definition) is 4. The fourth-order valence-corrected chi connectivity index (χ4v) is 7.03. The summed E-state index contributed by atoms with van der Waals surface area (Å²) in [6, 6.07) is 21.3. The van der Waals surface area contributed by atoms with Crippen LogP contribution in [0.4, 0.5) is 0 Å². The molecule has 0 aromatic heterocycles. The highest BCUT2D eigenvalue weighted by molar-refractivity contribution is 8.04. The minimum atomic E-state index is -4.39. The number of nitrogens with zero attached hydrogens (tertiary/aromatic N) is 1. The first-order chi connectivity index (χ1) is 13.7. The highest BCUT2D eigenvalue weighted by Crippen LogP contribution is 2.31. The largest absolute Gasteiger partial charge is 0.256 e. The van der Waals surface area contributed by atoms with Crippen LogP contribution in [0.25, 0.3) is 0 Å². The lowest BCUT2D eigenvalue weighted by molar-refractivity contribution is 0.494. The van der Waals surface area contributed by atoms with Crippen molar-refractivity contribution < 1.29 is 16.8 Å². The van der Waals surface area contributed by atoms with Gasteiger partial charge in [0.25, 0.3) is 20.0 Å². The Balaban J connectivity index is 2.09. The van der Waals surface area contributed by atoms with Crippen molar-refractivity contribution in [2.24, 2.45) is 0 Å². The average molecular weight is 470 g/mol. The molecular formula is C20H17Cl2NO4S2. The van der Waals surface area contributed by atoms with Crippen molar-refractivity contribution in [3.05, 3.63) is 95.5 Å². The van der Waals surface area contributed by atoms with E-state index < -0.39 is 32.0 Å². The van der Waals surface area contributed by atoms with Gasteiger partial charge in [-0.2, -0.15) is 0 Å². The minimum Gasteiger partial charge on any atom is -0.206 e. The van der Waals surface area contributed by atoms with Gasteiger partial charge in [-0.05, 0) is 42.0 Å². The van der Waals surface area contributed by atoms with Crippen LogP contribution < -0.4 is 0 Å². The second-order valence-corrected chi connectivity index (χ2v) is 11.0. The van der Waals surface area contributed by atoms with E-state index in [-0.39, 0.29) is 9.79 Å². The molecule has 9 heteroatoms. The molecule has 0 spiro atoms. The summed E-state index contributed by atoms with van der Waals surface area (Å²) in [7, 11) is -8.78. The van der Waals surface area contributed by atoms with Crippen LogP contribution in [0.15, 0.2) is 94.7 Å². The molecule has 3 aromatic rings. The van der Waals surface area contributed by atoms with Crippen molar-refractivity contribution in [3.8, 4) is 0 Å². The fourth-order valence-electron chi connectivity index (χ4n) is 2.68. The van der Waals surface area contributed by atoms with Gasteiger partial charge in [-0.15, -0.1) is 11.6 Å². The Labute approximate surface area is 180 Å². The van der Waals surface area contributed by atoms with E-state index in [0.717, 1.165) is 0 Å². The first-order valence-corrected chi connectivity index (χ1v) is 12.2. The zero-order valence-corrected chi connectivity index (χ0v) is 18.2. The van der Waals surface area contributed by atoms with E-state index in [1.807, 2.05) is 0 Å². The third-order valence-corrected chi connectivity index (χ3v) is 9.05. The molecular weight excluding hydrogens is 453 g/mol. The number of halogens is 2. The molecule has 29 heavy (non-hydrogen) atoms. The number of alkyl halides is 1. The van der Waals surface area contributed by atoms with E-state index in [2.05, 4.69) is 0 Å². The average Bonchev–Trinajstić information content (AvgIpc) is 2.73. The van der Waals surface area contributed by atoms with Gasteiger partial charge in [-0.3, -0.25) is 0 Å². The summed E-state index contributed by atoms with van der Waals surface area (Å²) < 4.78 is 53.4. The SMILES string of the molecule is O=S(=O)(c1ccccc1)N(CC(Cl)c1cccc(Cl)c1)S(=O)(=O)c1ccccc1. The van der Waals surface area contributed by atoms with Crippen LogP contribution in [0.5, 0.6) is 0 Å². The molecule has 3 rings (SSSR count). The van der Waals surface area contributed by atoms with E-state index in [9.17, 15) is 16.8 Å². The topological polar surface area (TPSA) is 71.5 Å². The lowest BCUT2D eigenvalue weighted by Gasteiger charge is -2.24. The predicted molar refractivity (Wildman–Crippen MR) is 114 cm³/mol. The van der Waals surface area contributed by atoms with Crippen molar-refractivity contribution in [2.45, 2.75) is 15.2 Å². The molecule has 1 unspecified atom stereocenters. The molecule has 0 bridgehead atoms. The van der Waals surface area contributed by atoms with Crippen molar-refractivity contribution in [1.29, 1.82) is 0 Å². The smallest absolute Gasteiger partial charge is 0.206 e.